The number of nitrogens with zero attached hydrogens (tertiary/aromatic N) is 4. The lowest BCUT2D eigenvalue weighted by atomic mass is 10.1. The first-order valence-corrected chi connectivity index (χ1v) is 6.31. The third kappa shape index (κ3) is 3.93. The zero-order chi connectivity index (χ0) is 16.2. The molecule has 0 fully saturated rings. The quantitative estimate of drug-likeness (QED) is 0.503. The Kier molecular flexibility index (Phi) is 4.59. The smallest absolute Gasteiger partial charge is 0.384 e. The highest BCUT2D eigenvalue weighted by Crippen LogP contribution is 2.37. The van der Waals surface area contributed by atoms with E-state index in [-0.39, 0.29) is 12.2 Å². The van der Waals surface area contributed by atoms with Gasteiger partial charge >= 0.3 is 6.18 Å². The summed E-state index contributed by atoms with van der Waals surface area (Å²) in [5.74, 6) is 0. The maximum atomic E-state index is 12.9. The Hall–Kier alpha value is -2.65. The normalized spacial score (nSPS) is 11.4. The van der Waals surface area contributed by atoms with Gasteiger partial charge < -0.3 is 5.32 Å². The molecule has 0 saturated carbocycles. The molecule has 118 valence electrons. The van der Waals surface area contributed by atoms with E-state index in [2.05, 4.69) is 15.6 Å². The summed E-state index contributed by atoms with van der Waals surface area (Å²) >= 11 is 0. The minimum Gasteiger partial charge on any atom is -0.384 e. The van der Waals surface area contributed by atoms with Gasteiger partial charge in [-0.2, -0.15) is 13.2 Å². The Balaban J connectivity index is 2.04. The van der Waals surface area contributed by atoms with E-state index in [1.54, 1.807) is 10.9 Å². The van der Waals surface area contributed by atoms with Crippen LogP contribution in [0.25, 0.3) is 0 Å². The average molecular weight is 315 g/mol. The highest BCUT2D eigenvalue weighted by Gasteiger charge is 2.35. The van der Waals surface area contributed by atoms with Crippen molar-refractivity contribution in [2.75, 3.05) is 11.9 Å². The topological polar surface area (TPSA) is 85.9 Å². The Morgan fingerprint density at radius 1 is 1.36 bits per heavy atom. The average Bonchev–Trinajstić information content (AvgIpc) is 2.95. The van der Waals surface area contributed by atoms with Gasteiger partial charge in [-0.3, -0.25) is 14.8 Å². The summed E-state index contributed by atoms with van der Waals surface area (Å²) in [5.41, 5.74) is -1.83. The number of aromatic nitrogens is 3. The highest BCUT2D eigenvalue weighted by molar-refractivity contribution is 5.57. The van der Waals surface area contributed by atoms with Crippen molar-refractivity contribution in [1.29, 1.82) is 0 Å². The Morgan fingerprint density at radius 3 is 2.73 bits per heavy atom. The maximum Gasteiger partial charge on any atom is 0.418 e. The fourth-order valence-corrected chi connectivity index (χ4v) is 1.85. The van der Waals surface area contributed by atoms with Gasteiger partial charge in [0.05, 0.1) is 16.7 Å². The molecule has 0 aliphatic heterocycles. The molecule has 7 nitrogen and oxygen atoms in total. The van der Waals surface area contributed by atoms with Crippen LogP contribution in [-0.4, -0.2) is 26.5 Å². The van der Waals surface area contributed by atoms with Gasteiger partial charge in [-0.05, 0) is 12.5 Å². The predicted octanol–water partition coefficient (Wildman–Crippen LogP) is 2.71. The summed E-state index contributed by atoms with van der Waals surface area (Å²) in [6.45, 7) is 0.766. The standard InChI is InChI=1S/C12H12F3N5O2/c13-12(14,15)10-8-9(20(21)22)2-3-11(10)16-4-1-6-19-7-5-17-18-19/h2-3,5,7-8,16H,1,4,6H2. The molecule has 1 heterocycles. The number of aryl methyl sites for hydroxylation is 1. The molecule has 0 unspecified atom stereocenters. The van der Waals surface area contributed by atoms with Gasteiger partial charge in [0.25, 0.3) is 5.69 Å². The van der Waals surface area contributed by atoms with E-state index >= 15 is 0 Å². The number of nitro groups is 1. The highest BCUT2D eigenvalue weighted by atomic mass is 19.4. The third-order valence-corrected chi connectivity index (χ3v) is 2.87. The van der Waals surface area contributed by atoms with Crippen LogP contribution in [-0.2, 0) is 12.7 Å². The second kappa shape index (κ2) is 6.41. The predicted molar refractivity (Wildman–Crippen MR) is 71.2 cm³/mol. The molecule has 0 amide bonds. The molecular formula is C12H12F3N5O2. The number of benzene rings is 1. The largest absolute Gasteiger partial charge is 0.418 e. The Morgan fingerprint density at radius 2 is 2.14 bits per heavy atom. The van der Waals surface area contributed by atoms with Crippen molar-refractivity contribution in [3.63, 3.8) is 0 Å². The van der Waals surface area contributed by atoms with Gasteiger partial charge in [-0.25, -0.2) is 0 Å². The summed E-state index contributed by atoms with van der Waals surface area (Å²) < 4.78 is 40.4. The number of alkyl halides is 3. The molecule has 0 atom stereocenters. The first kappa shape index (κ1) is 15.7. The van der Waals surface area contributed by atoms with Crippen molar-refractivity contribution >= 4 is 11.4 Å². The minimum absolute atomic E-state index is 0.184. The van der Waals surface area contributed by atoms with Gasteiger partial charge in [0.15, 0.2) is 0 Å². The number of rotatable bonds is 6. The molecule has 22 heavy (non-hydrogen) atoms. The van der Waals surface area contributed by atoms with Crippen molar-refractivity contribution in [2.45, 2.75) is 19.1 Å². The van der Waals surface area contributed by atoms with Crippen LogP contribution >= 0.6 is 0 Å². The van der Waals surface area contributed by atoms with E-state index < -0.39 is 22.4 Å². The third-order valence-electron chi connectivity index (χ3n) is 2.87. The van der Waals surface area contributed by atoms with Crippen molar-refractivity contribution in [3.05, 3.63) is 46.3 Å². The summed E-state index contributed by atoms with van der Waals surface area (Å²) in [6, 6.07) is 2.63. The summed E-state index contributed by atoms with van der Waals surface area (Å²) in [4.78, 5) is 9.73. The van der Waals surface area contributed by atoms with Gasteiger partial charge in [0.1, 0.15) is 0 Å². The second-order valence-corrected chi connectivity index (χ2v) is 4.43. The SMILES string of the molecule is O=[N+]([O-])c1ccc(NCCCn2ccnn2)c(C(F)(F)F)c1. The number of hydrogen-bond acceptors (Lipinski definition) is 5. The molecular weight excluding hydrogens is 303 g/mol. The number of halogens is 3. The maximum absolute atomic E-state index is 12.9. The molecule has 0 bridgehead atoms. The van der Waals surface area contributed by atoms with Crippen LogP contribution in [0, 0.1) is 10.1 Å². The molecule has 0 aliphatic rings. The van der Waals surface area contributed by atoms with Crippen molar-refractivity contribution < 1.29 is 18.1 Å². The number of nitrogens with one attached hydrogen (secondary N) is 1. The van der Waals surface area contributed by atoms with Gasteiger partial charge in [-0.15, -0.1) is 5.10 Å². The number of nitro benzene ring substituents is 1. The molecule has 1 N–H and O–H groups in total. The molecule has 2 aromatic rings. The Bertz CT molecular complexity index is 643. The molecule has 0 radical (unpaired) electrons. The van der Waals surface area contributed by atoms with Crippen LogP contribution in [0.3, 0.4) is 0 Å². The van der Waals surface area contributed by atoms with Crippen molar-refractivity contribution in [2.24, 2.45) is 0 Å². The number of hydrogen-bond donors (Lipinski definition) is 1. The lowest BCUT2D eigenvalue weighted by Gasteiger charge is -2.14. The van der Waals surface area contributed by atoms with E-state index in [1.165, 1.54) is 6.20 Å². The van der Waals surface area contributed by atoms with E-state index in [0.29, 0.717) is 19.0 Å². The van der Waals surface area contributed by atoms with Crippen LogP contribution in [0.2, 0.25) is 0 Å². The summed E-state index contributed by atoms with van der Waals surface area (Å²) in [7, 11) is 0. The molecule has 2 rings (SSSR count). The van der Waals surface area contributed by atoms with E-state index in [1.807, 2.05) is 0 Å². The van der Waals surface area contributed by atoms with Crippen molar-refractivity contribution in [3.8, 4) is 0 Å². The van der Waals surface area contributed by atoms with Crippen LogP contribution in [0.15, 0.2) is 30.6 Å². The Labute approximate surface area is 122 Å². The zero-order valence-corrected chi connectivity index (χ0v) is 11.2. The number of anilines is 1. The molecule has 0 spiro atoms. The first-order chi connectivity index (χ1) is 10.4. The lowest BCUT2D eigenvalue weighted by Crippen LogP contribution is -2.13. The molecule has 1 aromatic heterocycles. The van der Waals surface area contributed by atoms with Crippen molar-refractivity contribution in [1.82, 2.24) is 15.0 Å². The van der Waals surface area contributed by atoms with Gasteiger partial charge in [-0.1, -0.05) is 5.21 Å². The molecule has 1 aromatic carbocycles. The van der Waals surface area contributed by atoms with Gasteiger partial charge in [0, 0.05) is 37.1 Å². The molecule has 10 heteroatoms. The van der Waals surface area contributed by atoms with Crippen LogP contribution < -0.4 is 5.32 Å². The summed E-state index contributed by atoms with van der Waals surface area (Å²) in [5, 5.41) is 20.6. The van der Waals surface area contributed by atoms with E-state index in [9.17, 15) is 23.3 Å². The van der Waals surface area contributed by atoms with E-state index in [0.717, 1.165) is 12.1 Å². The van der Waals surface area contributed by atoms with Crippen LogP contribution in [0.5, 0.6) is 0 Å². The summed E-state index contributed by atoms with van der Waals surface area (Å²) in [6.07, 6.45) is -0.990. The fourth-order valence-electron chi connectivity index (χ4n) is 1.85. The first-order valence-electron chi connectivity index (χ1n) is 6.31. The fraction of sp³-hybridized carbons (Fsp3) is 0.333. The number of non-ortho nitro benzene ring substituents is 1. The monoisotopic (exact) mass is 315 g/mol. The second-order valence-electron chi connectivity index (χ2n) is 4.43. The van der Waals surface area contributed by atoms with E-state index in [4.69, 9.17) is 0 Å². The lowest BCUT2D eigenvalue weighted by molar-refractivity contribution is -0.385. The van der Waals surface area contributed by atoms with Crippen LogP contribution in [0.4, 0.5) is 24.5 Å². The molecule has 0 saturated heterocycles. The zero-order valence-electron chi connectivity index (χ0n) is 11.2. The van der Waals surface area contributed by atoms with Crippen LogP contribution in [0.1, 0.15) is 12.0 Å². The molecule has 0 aliphatic carbocycles. The van der Waals surface area contributed by atoms with Gasteiger partial charge in [0.2, 0.25) is 0 Å². The minimum atomic E-state index is -4.67.